The van der Waals surface area contributed by atoms with E-state index in [1.807, 2.05) is 0 Å². The first-order valence-corrected chi connectivity index (χ1v) is 16.1. The molecule has 3 rings (SSSR count). The van der Waals surface area contributed by atoms with E-state index in [-0.39, 0.29) is 37.7 Å². The highest BCUT2D eigenvalue weighted by Gasteiger charge is 2.12. The van der Waals surface area contributed by atoms with Gasteiger partial charge in [-0.1, -0.05) is 0 Å². The van der Waals surface area contributed by atoms with E-state index in [4.69, 9.17) is 37.2 Å². The highest BCUT2D eigenvalue weighted by atomic mass is 35.7. The Labute approximate surface area is 230 Å². The number of nitrogens with zero attached hydrogens (tertiary/aromatic N) is 2. The van der Waals surface area contributed by atoms with Crippen molar-refractivity contribution in [2.24, 2.45) is 15.4 Å². The third-order valence-electron chi connectivity index (χ3n) is 3.92. The fourth-order valence-corrected chi connectivity index (χ4v) is 4.47. The Morgan fingerprint density at radius 1 is 0.553 bits per heavy atom. The lowest BCUT2D eigenvalue weighted by Gasteiger charge is -1.98. The van der Waals surface area contributed by atoms with Gasteiger partial charge >= 0.3 is 5.69 Å². The van der Waals surface area contributed by atoms with E-state index in [1.165, 1.54) is 48.5 Å². The molecule has 0 amide bonds. The van der Waals surface area contributed by atoms with Crippen molar-refractivity contribution in [2.75, 3.05) is 5.73 Å². The maximum atomic E-state index is 10.8. The highest BCUT2D eigenvalue weighted by Crippen LogP contribution is 2.17. The molecule has 0 aliphatic heterocycles. The summed E-state index contributed by atoms with van der Waals surface area (Å²) in [5, 5.41) is 22.7. The molecule has 0 atom stereocenters. The first-order chi connectivity index (χ1) is 16.7. The van der Waals surface area contributed by atoms with E-state index in [0.717, 1.165) is 24.3 Å². The lowest BCUT2D eigenvalue weighted by Crippen LogP contribution is -3.00. The summed E-state index contributed by atoms with van der Waals surface area (Å²) in [6.07, 6.45) is 0. The minimum Gasteiger partial charge on any atom is -1.00 e. The molecule has 14 nitrogen and oxygen atoms in total. The summed E-state index contributed by atoms with van der Waals surface area (Å²) in [6, 6.07) is 15.2. The zero-order valence-electron chi connectivity index (χ0n) is 18.8. The van der Waals surface area contributed by atoms with Crippen LogP contribution in [0.15, 0.2) is 92.4 Å². The van der Waals surface area contributed by atoms with Gasteiger partial charge in [0.2, 0.25) is 35.5 Å². The lowest BCUT2D eigenvalue weighted by atomic mass is 10.3. The minimum absolute atomic E-state index is 0. The van der Waals surface area contributed by atoms with Crippen molar-refractivity contribution >= 4 is 61.2 Å². The van der Waals surface area contributed by atoms with E-state index in [9.17, 15) is 33.7 Å². The first kappa shape index (κ1) is 35.1. The fourth-order valence-electron chi connectivity index (χ4n) is 2.15. The number of rotatable bonds is 4. The van der Waals surface area contributed by atoms with Crippen LogP contribution >= 0.6 is 10.7 Å². The molecular formula is C18H20Cl2N6O8S4. The van der Waals surface area contributed by atoms with Crippen LogP contribution in [0.2, 0.25) is 0 Å². The van der Waals surface area contributed by atoms with E-state index in [1.54, 1.807) is 0 Å². The average molecular weight is 648 g/mol. The summed E-state index contributed by atoms with van der Waals surface area (Å²) < 4.78 is 85.9. The first-order valence-electron chi connectivity index (χ1n) is 9.19. The SMILES string of the molecule is N#[N+]c1ccc(S(N)(=O)=O)cc1.NS(=O)(=O)c1ccc(S(=O)(=O)Cl)cc1.Nc1ccc(S(N)(=O)=O)cc1.[Cl-]. The summed E-state index contributed by atoms with van der Waals surface area (Å²) in [6.45, 7) is 0. The second kappa shape index (κ2) is 13.8. The molecule has 0 radical (unpaired) electrons. The van der Waals surface area contributed by atoms with Gasteiger partial charge in [0.05, 0.1) is 19.6 Å². The topological polar surface area (TPSA) is 269 Å². The molecule has 0 fully saturated rings. The normalized spacial score (nSPS) is 11.3. The van der Waals surface area contributed by atoms with Gasteiger partial charge in [-0.3, -0.25) is 0 Å². The highest BCUT2D eigenvalue weighted by molar-refractivity contribution is 8.13. The number of diazo groups is 1. The molecule has 0 heterocycles. The fraction of sp³-hybridized carbons (Fsp3) is 0. The Morgan fingerprint density at radius 3 is 1.08 bits per heavy atom. The van der Waals surface area contributed by atoms with E-state index in [2.05, 4.69) is 4.98 Å². The Kier molecular flexibility index (Phi) is 12.8. The monoisotopic (exact) mass is 646 g/mol. The van der Waals surface area contributed by atoms with E-state index < -0.39 is 39.1 Å². The summed E-state index contributed by atoms with van der Waals surface area (Å²) in [4.78, 5) is 2.59. The quantitative estimate of drug-likeness (QED) is 0.137. The molecule has 0 saturated carbocycles. The lowest BCUT2D eigenvalue weighted by molar-refractivity contribution is -0.0000178. The van der Waals surface area contributed by atoms with Crippen molar-refractivity contribution in [1.82, 2.24) is 0 Å². The number of halogens is 2. The van der Waals surface area contributed by atoms with Crippen molar-refractivity contribution in [3.8, 4) is 0 Å². The van der Waals surface area contributed by atoms with Crippen LogP contribution in [0.5, 0.6) is 0 Å². The molecule has 38 heavy (non-hydrogen) atoms. The van der Waals surface area contributed by atoms with Crippen molar-refractivity contribution < 1.29 is 46.1 Å². The maximum Gasteiger partial charge on any atom is 0.385 e. The van der Waals surface area contributed by atoms with Crippen LogP contribution in [0.4, 0.5) is 11.4 Å². The largest absolute Gasteiger partial charge is 1.00 e. The van der Waals surface area contributed by atoms with Crippen LogP contribution in [0.1, 0.15) is 0 Å². The standard InChI is InChI=1S/C6H6ClNO4S2.C6H6N3O2S.C6H8N2O2S.ClH/c7-13(9,10)5-1-3-6(4-2-5)14(8,11)12;7-9-5-1-3-6(4-2-5)12(8,10)11;7-5-1-3-6(4-2-5)11(8,9)10;/h1-4H,(H2,8,11,12);1-4H,(H2,8,10,11);1-4H,7H2,(H2,8,9,10);1H/q;+1;;/p-1. The maximum absolute atomic E-state index is 10.8. The molecule has 0 aromatic heterocycles. The molecule has 3 aromatic carbocycles. The van der Waals surface area contributed by atoms with Crippen molar-refractivity contribution in [3.63, 3.8) is 0 Å². The molecule has 20 heteroatoms. The molecule has 0 aliphatic carbocycles. The Hall–Kier alpha value is -2.86. The van der Waals surface area contributed by atoms with Crippen LogP contribution < -0.4 is 33.6 Å². The number of hydrogen-bond donors (Lipinski definition) is 4. The summed E-state index contributed by atoms with van der Waals surface area (Å²) in [7, 11) is -9.84. The Morgan fingerprint density at radius 2 is 0.816 bits per heavy atom. The van der Waals surface area contributed by atoms with Crippen molar-refractivity contribution in [1.29, 1.82) is 5.39 Å². The predicted molar refractivity (Wildman–Crippen MR) is 136 cm³/mol. The average Bonchev–Trinajstić information content (AvgIpc) is 2.78. The van der Waals surface area contributed by atoms with Gasteiger partial charge in [-0.05, 0) is 60.7 Å². The number of nitrogen functional groups attached to an aromatic ring is 1. The van der Waals surface area contributed by atoms with Crippen LogP contribution in [-0.2, 0) is 39.1 Å². The van der Waals surface area contributed by atoms with Gasteiger partial charge in [0.15, 0.2) is 4.98 Å². The van der Waals surface area contributed by atoms with Gasteiger partial charge in [-0.25, -0.2) is 49.1 Å². The second-order valence-electron chi connectivity index (χ2n) is 6.71. The van der Waals surface area contributed by atoms with Crippen LogP contribution in [0, 0.1) is 5.39 Å². The smallest absolute Gasteiger partial charge is 0.385 e. The van der Waals surface area contributed by atoms with Crippen molar-refractivity contribution in [3.05, 3.63) is 77.8 Å². The number of benzene rings is 3. The molecule has 0 bridgehead atoms. The molecule has 3 aromatic rings. The van der Waals surface area contributed by atoms with Gasteiger partial charge in [0.25, 0.3) is 9.05 Å². The van der Waals surface area contributed by atoms with Gasteiger partial charge in [0.1, 0.15) is 0 Å². The number of anilines is 1. The molecular weight excluding hydrogens is 627 g/mol. The zero-order valence-corrected chi connectivity index (χ0v) is 23.6. The summed E-state index contributed by atoms with van der Waals surface area (Å²) in [5.74, 6) is 0. The molecule has 0 aliphatic rings. The van der Waals surface area contributed by atoms with Gasteiger partial charge in [-0.15, -0.1) is 0 Å². The molecule has 0 spiro atoms. The van der Waals surface area contributed by atoms with E-state index >= 15 is 0 Å². The Bertz CT molecular complexity index is 1660. The number of nitrogens with two attached hydrogens (primary N) is 4. The molecule has 0 unspecified atom stereocenters. The number of hydrogen-bond acceptors (Lipinski definition) is 10. The summed E-state index contributed by atoms with van der Waals surface area (Å²) in [5.41, 5.74) is 6.13. The van der Waals surface area contributed by atoms with Gasteiger partial charge in [-0.2, -0.15) is 0 Å². The minimum atomic E-state index is -3.83. The van der Waals surface area contributed by atoms with Gasteiger partial charge < -0.3 is 18.1 Å². The van der Waals surface area contributed by atoms with Crippen molar-refractivity contribution in [2.45, 2.75) is 19.6 Å². The zero-order chi connectivity index (χ0) is 28.7. The molecule has 0 saturated heterocycles. The van der Waals surface area contributed by atoms with Gasteiger partial charge in [0, 0.05) is 28.5 Å². The Balaban J connectivity index is 0.000000537. The number of sulfonamides is 3. The molecule has 208 valence electrons. The second-order valence-corrected chi connectivity index (χ2v) is 14.0. The van der Waals surface area contributed by atoms with Crippen LogP contribution in [0.3, 0.4) is 0 Å². The van der Waals surface area contributed by atoms with Crippen LogP contribution in [-0.4, -0.2) is 33.7 Å². The summed E-state index contributed by atoms with van der Waals surface area (Å²) >= 11 is 0. The number of primary sulfonamides is 3. The molecule has 8 N–H and O–H groups in total. The third-order valence-corrected chi connectivity index (χ3v) is 8.08. The predicted octanol–water partition coefficient (Wildman–Crippen LogP) is -2.00. The third kappa shape index (κ3) is 12.1. The van der Waals surface area contributed by atoms with Crippen LogP contribution in [0.25, 0.3) is 4.98 Å². The van der Waals surface area contributed by atoms with E-state index in [0.29, 0.717) is 5.69 Å².